The van der Waals surface area contributed by atoms with Gasteiger partial charge in [-0.2, -0.15) is 17.5 Å². The monoisotopic (exact) mass is 446 g/mol. The highest BCUT2D eigenvalue weighted by Gasteiger charge is 2.64. The number of piperazine rings is 1. The molecule has 1 saturated heterocycles. The molecule has 3 aliphatic rings. The summed E-state index contributed by atoms with van der Waals surface area (Å²) in [4.78, 5) is 5.74. The maximum Gasteiger partial charge on any atom is 0.417 e. The summed E-state index contributed by atoms with van der Waals surface area (Å²) in [6.45, 7) is 5.67. The Labute approximate surface area is 175 Å². The van der Waals surface area contributed by atoms with Gasteiger partial charge in [0.2, 0.25) is 10.0 Å². The van der Waals surface area contributed by atoms with Gasteiger partial charge in [-0.1, -0.05) is 13.8 Å². The molecule has 0 amide bonds. The molecular formula is C20H29F3N4O2S. The first-order valence-electron chi connectivity index (χ1n) is 10.4. The van der Waals surface area contributed by atoms with Gasteiger partial charge in [0.25, 0.3) is 0 Å². The summed E-state index contributed by atoms with van der Waals surface area (Å²) < 4.78 is 66.2. The number of aromatic nitrogens is 1. The van der Waals surface area contributed by atoms with Crippen molar-refractivity contribution in [1.29, 1.82) is 0 Å². The van der Waals surface area contributed by atoms with E-state index in [1.807, 2.05) is 4.90 Å². The predicted molar refractivity (Wildman–Crippen MR) is 108 cm³/mol. The quantitative estimate of drug-likeness (QED) is 0.769. The second kappa shape index (κ2) is 7.06. The van der Waals surface area contributed by atoms with Crippen LogP contribution in [-0.2, 0) is 16.2 Å². The molecule has 6 nitrogen and oxygen atoms in total. The van der Waals surface area contributed by atoms with Crippen LogP contribution in [0.4, 0.5) is 19.0 Å². The van der Waals surface area contributed by atoms with Crippen molar-refractivity contribution >= 4 is 15.8 Å². The van der Waals surface area contributed by atoms with E-state index >= 15 is 0 Å². The summed E-state index contributed by atoms with van der Waals surface area (Å²) in [7, 11) is -3.49. The summed E-state index contributed by atoms with van der Waals surface area (Å²) >= 11 is 0. The van der Waals surface area contributed by atoms with Crippen LogP contribution in [0.5, 0.6) is 0 Å². The van der Waals surface area contributed by atoms with Gasteiger partial charge in [0.1, 0.15) is 5.82 Å². The van der Waals surface area contributed by atoms with Gasteiger partial charge in [-0.25, -0.2) is 13.4 Å². The van der Waals surface area contributed by atoms with Crippen LogP contribution in [0.15, 0.2) is 18.3 Å². The number of alkyl halides is 3. The molecule has 2 heterocycles. The molecular weight excluding hydrogens is 417 g/mol. The van der Waals surface area contributed by atoms with Gasteiger partial charge in [-0.05, 0) is 42.7 Å². The lowest BCUT2D eigenvalue weighted by Gasteiger charge is -2.43. The van der Waals surface area contributed by atoms with Crippen molar-refractivity contribution < 1.29 is 21.6 Å². The van der Waals surface area contributed by atoms with E-state index in [1.165, 1.54) is 10.4 Å². The van der Waals surface area contributed by atoms with Crippen molar-refractivity contribution in [2.45, 2.75) is 45.3 Å². The molecule has 3 atom stereocenters. The third-order valence-corrected chi connectivity index (χ3v) is 9.99. The summed E-state index contributed by atoms with van der Waals surface area (Å²) in [5, 5.41) is 0. The van der Waals surface area contributed by atoms with E-state index in [2.05, 4.69) is 18.8 Å². The zero-order valence-corrected chi connectivity index (χ0v) is 18.1. The topological polar surface area (TPSA) is 79.5 Å². The minimum Gasteiger partial charge on any atom is -0.354 e. The van der Waals surface area contributed by atoms with E-state index in [1.54, 1.807) is 0 Å². The molecule has 0 radical (unpaired) electrons. The van der Waals surface area contributed by atoms with E-state index in [-0.39, 0.29) is 22.6 Å². The summed E-state index contributed by atoms with van der Waals surface area (Å²) in [5.74, 6) is 0.977. The van der Waals surface area contributed by atoms with Crippen LogP contribution in [-0.4, -0.2) is 55.7 Å². The maximum absolute atomic E-state index is 13.3. The molecule has 1 aromatic heterocycles. The Morgan fingerprint density at radius 3 is 2.33 bits per heavy atom. The normalized spacial score (nSPS) is 32.0. The SMILES string of the molecule is CC1(C)[C@@H]2CC[C@@]1(CS(=O)(=O)N1CCN(c3ccc(C(F)(F)F)cn3)CC1)C(N)C2. The van der Waals surface area contributed by atoms with E-state index in [0.29, 0.717) is 37.9 Å². The van der Waals surface area contributed by atoms with Gasteiger partial charge in [-0.15, -0.1) is 0 Å². The minimum atomic E-state index is -4.42. The minimum absolute atomic E-state index is 0.0726. The average Bonchev–Trinajstić information content (AvgIpc) is 3.01. The van der Waals surface area contributed by atoms with Crippen molar-refractivity contribution in [3.05, 3.63) is 23.9 Å². The third-order valence-electron chi connectivity index (χ3n) is 7.96. The van der Waals surface area contributed by atoms with Crippen LogP contribution >= 0.6 is 0 Å². The van der Waals surface area contributed by atoms with Crippen molar-refractivity contribution in [2.24, 2.45) is 22.5 Å². The van der Waals surface area contributed by atoms with Gasteiger partial charge < -0.3 is 10.6 Å². The highest BCUT2D eigenvalue weighted by molar-refractivity contribution is 7.89. The van der Waals surface area contributed by atoms with E-state index < -0.39 is 21.8 Å². The number of hydrogen-bond donors (Lipinski definition) is 1. The molecule has 2 bridgehead atoms. The molecule has 0 spiro atoms. The van der Waals surface area contributed by atoms with Crippen molar-refractivity contribution in [3.8, 4) is 0 Å². The second-order valence-corrected chi connectivity index (χ2v) is 11.5. The Kier molecular flexibility index (Phi) is 5.14. The fourth-order valence-corrected chi connectivity index (χ4v) is 8.13. The van der Waals surface area contributed by atoms with Gasteiger partial charge >= 0.3 is 6.18 Å². The Bertz CT molecular complexity index is 896. The Hall–Kier alpha value is -1.39. The summed E-state index contributed by atoms with van der Waals surface area (Å²) in [6.07, 6.45) is -0.844. The number of nitrogens with zero attached hydrogens (tertiary/aromatic N) is 3. The lowest BCUT2D eigenvalue weighted by Crippen LogP contribution is -2.54. The van der Waals surface area contributed by atoms with Gasteiger partial charge in [0.05, 0.1) is 11.3 Å². The highest BCUT2D eigenvalue weighted by Crippen LogP contribution is 2.65. The Morgan fingerprint density at radius 1 is 1.20 bits per heavy atom. The first kappa shape index (κ1) is 21.8. The highest BCUT2D eigenvalue weighted by atomic mass is 32.2. The van der Waals surface area contributed by atoms with E-state index in [9.17, 15) is 21.6 Å². The average molecular weight is 447 g/mol. The van der Waals surface area contributed by atoms with E-state index in [0.717, 1.165) is 31.5 Å². The van der Waals surface area contributed by atoms with Crippen LogP contribution in [0, 0.1) is 16.7 Å². The largest absolute Gasteiger partial charge is 0.417 e. The molecule has 1 unspecified atom stereocenters. The Morgan fingerprint density at radius 2 is 1.87 bits per heavy atom. The molecule has 30 heavy (non-hydrogen) atoms. The van der Waals surface area contributed by atoms with Gasteiger partial charge in [0, 0.05) is 43.8 Å². The Balaban J connectivity index is 1.42. The van der Waals surface area contributed by atoms with Gasteiger partial charge in [-0.3, -0.25) is 0 Å². The number of anilines is 1. The van der Waals surface area contributed by atoms with Crippen molar-refractivity contribution in [2.75, 3.05) is 36.8 Å². The molecule has 10 heteroatoms. The first-order chi connectivity index (χ1) is 13.9. The third kappa shape index (κ3) is 3.40. The van der Waals surface area contributed by atoms with Crippen LogP contribution in [0.1, 0.15) is 38.7 Å². The molecule has 0 aromatic carbocycles. The molecule has 3 fully saturated rings. The molecule has 2 N–H and O–H groups in total. The fourth-order valence-electron chi connectivity index (χ4n) is 5.85. The van der Waals surface area contributed by atoms with Crippen LogP contribution in [0.2, 0.25) is 0 Å². The van der Waals surface area contributed by atoms with Crippen LogP contribution in [0.3, 0.4) is 0 Å². The second-order valence-electron chi connectivity index (χ2n) is 9.50. The van der Waals surface area contributed by atoms with Crippen LogP contribution < -0.4 is 10.6 Å². The number of nitrogens with two attached hydrogens (primary N) is 1. The zero-order valence-electron chi connectivity index (χ0n) is 17.3. The van der Waals surface area contributed by atoms with Gasteiger partial charge in [0.15, 0.2) is 0 Å². The molecule has 1 aromatic rings. The number of pyridine rings is 1. The molecule has 1 aliphatic heterocycles. The van der Waals surface area contributed by atoms with E-state index in [4.69, 9.17) is 5.73 Å². The number of halogens is 3. The zero-order chi connectivity index (χ0) is 21.9. The first-order valence-corrected chi connectivity index (χ1v) is 12.0. The number of sulfonamides is 1. The smallest absolute Gasteiger partial charge is 0.354 e. The van der Waals surface area contributed by atoms with Crippen molar-refractivity contribution in [1.82, 2.24) is 9.29 Å². The summed E-state index contributed by atoms with van der Waals surface area (Å²) in [6, 6.07) is 2.24. The van der Waals surface area contributed by atoms with Crippen molar-refractivity contribution in [3.63, 3.8) is 0 Å². The lowest BCUT2D eigenvalue weighted by atomic mass is 9.69. The summed E-state index contributed by atoms with van der Waals surface area (Å²) in [5.41, 5.74) is 5.16. The molecule has 4 rings (SSSR count). The number of hydrogen-bond acceptors (Lipinski definition) is 5. The maximum atomic E-state index is 13.3. The fraction of sp³-hybridized carbons (Fsp3) is 0.750. The number of fused-ring (bicyclic) bond motifs is 2. The number of rotatable bonds is 4. The molecule has 168 valence electrons. The van der Waals surface area contributed by atoms with Crippen LogP contribution in [0.25, 0.3) is 0 Å². The lowest BCUT2D eigenvalue weighted by molar-refractivity contribution is -0.137. The predicted octanol–water partition coefficient (Wildman–Crippen LogP) is 2.71. The standard InChI is InChI=1S/C20H29F3N4O2S/c1-18(2)14-5-6-19(18,16(24)11-14)13-30(28,29)27-9-7-26(8-10-27)17-4-3-15(12-25-17)20(21,22)23/h3-4,12,14,16H,5-11,13,24H2,1-2H3/t14-,16?,19-/m1/s1. The molecule has 2 aliphatic carbocycles. The molecule has 2 saturated carbocycles.